The average Bonchev–Trinajstić information content (AvgIpc) is 1.44. The molecule has 2 fully saturated rings. The van der Waals surface area contributed by atoms with Gasteiger partial charge in [0.2, 0.25) is 5.91 Å². The van der Waals surface area contributed by atoms with Crippen molar-refractivity contribution in [3.63, 3.8) is 0 Å². The summed E-state index contributed by atoms with van der Waals surface area (Å²) < 4.78 is 4.80. The molecule has 24 rings (SSSR count). The number of aromatic nitrogens is 14. The number of carbonyl (C=O) groups is 3. The van der Waals surface area contributed by atoms with E-state index in [2.05, 4.69) is 145 Å². The molecule has 0 spiro atoms. The molecule has 0 radical (unpaired) electrons. The SMILES string of the molecule is CC(C)(NC(=O)C1CC1)c1nc2ccc3[nH]ncc3c2c2c1CCCC2.CC(C)(NC(=O)NC1CC1)c1nc2ccc3[nH]ncc3c2c2c1CCCC2.COC(=O)NC(C)(C)c1nc2ccc3[nH]ncc3c2c2c1CCCC2.Cc1[nH]nc2ccc3nc(-c4ccc(O)cc4)c4c(c3c12)CCCC4.Cc1cc2c(ccc3nc(-c4ccc(O)cc4)c4c(c32)CCCC4)[nH]1.O=C=O. The number of benzene rings is 7. The normalized spacial score (nSPS) is 15.2. The number of pyridine rings is 5. The van der Waals surface area contributed by atoms with Crippen LogP contribution in [0.5, 0.6) is 11.5 Å². The van der Waals surface area contributed by atoms with Gasteiger partial charge in [-0.25, -0.2) is 19.6 Å². The van der Waals surface area contributed by atoms with Crippen LogP contribution in [-0.4, -0.2) is 118 Å². The number of amides is 4. The third-order valence-electron chi connectivity index (χ3n) is 27.4. The molecule has 17 aromatic rings. The van der Waals surface area contributed by atoms with Crippen LogP contribution in [0.15, 0.2) is 134 Å². The van der Waals surface area contributed by atoms with Crippen LogP contribution in [0.1, 0.15) is 216 Å². The molecule has 0 unspecified atom stereocenters. The molecule has 0 atom stereocenters. The minimum Gasteiger partial charge on any atom is -0.508 e. The molecular formula is C105H110N18O8. The Morgan fingerprint density at radius 1 is 0.397 bits per heavy atom. The molecule has 7 aromatic carbocycles. The van der Waals surface area contributed by atoms with E-state index in [0.717, 1.165) is 207 Å². The van der Waals surface area contributed by atoms with Gasteiger partial charge in [0.1, 0.15) is 11.5 Å². The molecule has 10 heterocycles. The van der Waals surface area contributed by atoms with Crippen LogP contribution in [0.25, 0.3) is 132 Å². The van der Waals surface area contributed by atoms with E-state index in [1.54, 1.807) is 24.3 Å². The van der Waals surface area contributed by atoms with Gasteiger partial charge in [-0.3, -0.25) is 40.1 Å². The summed E-state index contributed by atoms with van der Waals surface area (Å²) in [7, 11) is 1.38. The number of nitrogens with zero attached hydrogens (tertiary/aromatic N) is 9. The number of ether oxygens (including phenoxy) is 1. The minimum absolute atomic E-state index is 0.0979. The van der Waals surface area contributed by atoms with Crippen LogP contribution in [0, 0.1) is 19.8 Å². The maximum absolute atomic E-state index is 12.4. The Morgan fingerprint density at radius 3 is 1.17 bits per heavy atom. The summed E-state index contributed by atoms with van der Waals surface area (Å²) in [6.45, 7) is 16.4. The number of hydrogen-bond donors (Lipinski definition) is 11. The Hall–Kier alpha value is -14.0. The van der Waals surface area contributed by atoms with Crippen molar-refractivity contribution in [1.82, 2.24) is 92.0 Å². The fraction of sp³-hybridized carbons (Fsp3) is 0.362. The molecule has 2 saturated carbocycles. The third kappa shape index (κ3) is 17.0. The van der Waals surface area contributed by atoms with Crippen molar-refractivity contribution in [3.05, 3.63) is 218 Å². The van der Waals surface area contributed by atoms with Crippen molar-refractivity contribution < 1.29 is 38.9 Å². The summed E-state index contributed by atoms with van der Waals surface area (Å²) in [5, 5.41) is 73.1. The summed E-state index contributed by atoms with van der Waals surface area (Å²) in [5.41, 5.74) is 32.0. The van der Waals surface area contributed by atoms with E-state index in [1.807, 2.05) is 87.0 Å². The van der Waals surface area contributed by atoms with Gasteiger partial charge in [0, 0.05) is 93.9 Å². The average molecular weight is 1750 g/mol. The molecule has 26 nitrogen and oxygen atoms in total. The van der Waals surface area contributed by atoms with E-state index in [1.165, 1.54) is 169 Å². The largest absolute Gasteiger partial charge is 0.508 e. The van der Waals surface area contributed by atoms with Gasteiger partial charge in [0.15, 0.2) is 0 Å². The number of H-pyrrole nitrogens is 5. The predicted octanol–water partition coefficient (Wildman–Crippen LogP) is 20.4. The van der Waals surface area contributed by atoms with Crippen molar-refractivity contribution in [3.8, 4) is 34.0 Å². The van der Waals surface area contributed by atoms with Crippen molar-refractivity contribution in [1.29, 1.82) is 0 Å². The number of urea groups is 1. The number of nitrogens with one attached hydrogen (secondary N) is 9. The number of hydrogen-bond acceptors (Lipinski definition) is 17. The first-order valence-electron chi connectivity index (χ1n) is 46.3. The Bertz CT molecular complexity index is 7380. The number of aromatic hydroxyl groups is 2. The van der Waals surface area contributed by atoms with Crippen molar-refractivity contribution in [2.24, 2.45) is 5.92 Å². The van der Waals surface area contributed by atoms with Gasteiger partial charge < -0.3 is 41.2 Å². The lowest BCUT2D eigenvalue weighted by atomic mass is 9.82. The smallest absolute Gasteiger partial charge is 0.407 e. The van der Waals surface area contributed by atoms with Gasteiger partial charge in [0.25, 0.3) is 0 Å². The van der Waals surface area contributed by atoms with Crippen LogP contribution in [0.3, 0.4) is 0 Å². The third-order valence-corrected chi connectivity index (χ3v) is 27.4. The zero-order valence-corrected chi connectivity index (χ0v) is 75.7. The molecular weight excluding hydrogens is 1640 g/mol. The second-order valence-electron chi connectivity index (χ2n) is 37.9. The molecule has 131 heavy (non-hydrogen) atoms. The molecule has 668 valence electrons. The number of rotatable bonds is 10. The molecule has 0 aliphatic heterocycles. The van der Waals surface area contributed by atoms with Crippen LogP contribution in [0.4, 0.5) is 9.59 Å². The maximum atomic E-state index is 12.4. The number of alkyl carbamates (subject to hydrolysis) is 1. The van der Waals surface area contributed by atoms with Gasteiger partial charge >= 0.3 is 18.3 Å². The lowest BCUT2D eigenvalue weighted by Crippen LogP contribution is -2.48. The highest BCUT2D eigenvalue weighted by Gasteiger charge is 2.39. The Kier molecular flexibility index (Phi) is 23.4. The second-order valence-corrected chi connectivity index (χ2v) is 37.9. The van der Waals surface area contributed by atoms with Gasteiger partial charge in [0.05, 0.1) is 120 Å². The monoisotopic (exact) mass is 1750 g/mol. The topological polar surface area (TPSA) is 378 Å². The van der Waals surface area contributed by atoms with Crippen molar-refractivity contribution >= 4 is 133 Å². The number of carbonyl (C=O) groups excluding carboxylic acids is 5. The first-order valence-corrected chi connectivity index (χ1v) is 46.3. The molecule has 11 N–H and O–H groups in total. The first-order chi connectivity index (χ1) is 63.4. The maximum Gasteiger partial charge on any atom is 0.407 e. The number of phenols is 2. The van der Waals surface area contributed by atoms with Gasteiger partial charge in [-0.2, -0.15) is 30.0 Å². The fourth-order valence-corrected chi connectivity index (χ4v) is 21.0. The Labute approximate surface area is 757 Å². The molecule has 7 aliphatic carbocycles. The summed E-state index contributed by atoms with van der Waals surface area (Å²) in [6, 6.07) is 38.0. The second kappa shape index (κ2) is 35.5. The number of methoxy groups -OCH3 is 1. The molecule has 7 aliphatic rings. The summed E-state index contributed by atoms with van der Waals surface area (Å²) in [6.07, 6.45) is 32.1. The van der Waals surface area contributed by atoms with Gasteiger partial charge in [-0.05, 0) is 380 Å². The molecule has 26 heteroatoms. The zero-order chi connectivity index (χ0) is 90.7. The lowest BCUT2D eigenvalue weighted by Gasteiger charge is -2.31. The van der Waals surface area contributed by atoms with E-state index in [0.29, 0.717) is 11.8 Å². The summed E-state index contributed by atoms with van der Waals surface area (Å²) >= 11 is 0. The summed E-state index contributed by atoms with van der Waals surface area (Å²) in [4.78, 5) is 81.5. The summed E-state index contributed by atoms with van der Waals surface area (Å²) in [5.74, 6) is 0.958. The molecule has 10 aromatic heterocycles. The quantitative estimate of drug-likeness (QED) is 0.0606. The van der Waals surface area contributed by atoms with Crippen LogP contribution >= 0.6 is 0 Å². The molecule has 4 amide bonds. The Balaban J connectivity index is 0.000000105. The van der Waals surface area contributed by atoms with Gasteiger partial charge in [-0.1, -0.05) is 0 Å². The highest BCUT2D eigenvalue weighted by atomic mass is 16.5. The standard InChI is InChI=1S/C22H20N2O.C21H25N5O.C21H24N4O.C21H19N3O.C19H22N4O2.CO2/c1-13-12-18-19(23-13)10-11-20-21(18)16-4-2-3-5-17(16)22(24-20)14-6-8-15(25)9-7-14;1-21(2,25-20(27)23-12-7-8-12)19-14-6-4-3-5-13(14)18-15-11-22-26-16(15)9-10-17(18)24-19;1-21(2,24-20(26)12-7-8-12)19-14-6-4-3-5-13(14)18-15-11-22-25-16(15)9-10-17(18)23-19;1-12-19-18(24-23-12)11-10-17-20(19)15-4-2-3-5-16(15)21(22-17)13-6-8-14(25)9-7-13;1-19(2,22-18(24)25-3)17-12-7-5-4-6-11(12)16-13-10-20-23-14(13)8-9-15(16)21-17;2-1-3/h6-12,23,25H,2-5H2,1H3;9-12H,3-8H2,1-2H3,(H,22,26)(H2,23,25,27);9-12H,3-8H2,1-2H3,(H,22,25)(H,24,26);6-11,25H,2-5H2,1H3,(H,23,24);8-10H,4-7H2,1-3H3,(H,20,23)(H,22,24);. The zero-order valence-electron chi connectivity index (χ0n) is 75.7. The van der Waals surface area contributed by atoms with Crippen LogP contribution in [-0.2, 0) is 99.9 Å². The first kappa shape index (κ1) is 86.4. The highest BCUT2D eigenvalue weighted by Crippen LogP contribution is 2.46. The van der Waals surface area contributed by atoms with E-state index >= 15 is 0 Å². The van der Waals surface area contributed by atoms with E-state index in [9.17, 15) is 24.6 Å². The number of aryl methyl sites for hydroxylation is 7. The minimum atomic E-state index is -0.603. The Morgan fingerprint density at radius 2 is 0.748 bits per heavy atom. The molecule has 0 bridgehead atoms. The van der Waals surface area contributed by atoms with E-state index < -0.39 is 22.7 Å². The van der Waals surface area contributed by atoms with Crippen molar-refractivity contribution in [2.45, 2.75) is 232 Å². The number of phenolic OH excluding ortho intramolecular Hbond substituents is 2. The van der Waals surface area contributed by atoms with E-state index in [-0.39, 0.29) is 29.8 Å². The van der Waals surface area contributed by atoms with Gasteiger partial charge in [-0.15, -0.1) is 0 Å². The highest BCUT2D eigenvalue weighted by molar-refractivity contribution is 6.12. The van der Waals surface area contributed by atoms with Crippen LogP contribution in [0.2, 0.25) is 0 Å². The van der Waals surface area contributed by atoms with Crippen LogP contribution < -0.4 is 21.3 Å². The number of fused-ring (bicyclic) bond motifs is 25. The molecule has 0 saturated heterocycles. The predicted molar refractivity (Wildman–Crippen MR) is 511 cm³/mol. The van der Waals surface area contributed by atoms with E-state index in [4.69, 9.17) is 39.2 Å². The lowest BCUT2D eigenvalue weighted by molar-refractivity contribution is -0.191. The van der Waals surface area contributed by atoms with Crippen molar-refractivity contribution in [2.75, 3.05) is 7.11 Å². The number of aromatic amines is 5. The fourth-order valence-electron chi connectivity index (χ4n) is 21.0.